The zero-order valence-electron chi connectivity index (χ0n) is 12.7. The van der Waals surface area contributed by atoms with Crippen LogP contribution in [0, 0.1) is 0 Å². The highest BCUT2D eigenvalue weighted by molar-refractivity contribution is 7.92. The van der Waals surface area contributed by atoms with Crippen LogP contribution in [0.15, 0.2) is 59.5 Å². The average molecular weight is 327 g/mol. The summed E-state index contributed by atoms with van der Waals surface area (Å²) in [6.45, 7) is 0. The van der Waals surface area contributed by atoms with Gasteiger partial charge in [-0.1, -0.05) is 42.5 Å². The highest BCUT2D eigenvalue weighted by Crippen LogP contribution is 2.46. The van der Waals surface area contributed by atoms with Crippen molar-refractivity contribution in [3.63, 3.8) is 0 Å². The molecule has 2 heterocycles. The fourth-order valence-electron chi connectivity index (χ4n) is 3.92. The standard InChI is InChI=1S/C18H17NO3S/c1-19-15-11-16(23(21,22)12-7-3-2-4-8-12)17(19)13-9-5-6-10-14(13)18(15)20/h2-10,15-17H,11H2,1H3/t15-,16+,17-/m1/s1. The highest BCUT2D eigenvalue weighted by atomic mass is 32.2. The van der Waals surface area contributed by atoms with Gasteiger partial charge in [0.05, 0.1) is 22.2 Å². The second kappa shape index (κ2) is 5.01. The SMILES string of the molecule is CN1[C@@H]2C[C@H](S(=O)(=O)c3ccccc3)[C@H]1c1ccccc1C2=O. The molecule has 0 radical (unpaired) electrons. The van der Waals surface area contributed by atoms with Crippen LogP contribution in [0.2, 0.25) is 0 Å². The molecule has 1 fully saturated rings. The Morgan fingerprint density at radius 1 is 1.00 bits per heavy atom. The minimum absolute atomic E-state index is 0.0325. The number of likely N-dealkylation sites (N-methyl/N-ethyl adjacent to an activating group) is 1. The topological polar surface area (TPSA) is 54.5 Å². The van der Waals surface area contributed by atoms with Crippen LogP contribution in [0.3, 0.4) is 0 Å². The molecule has 2 aliphatic rings. The second-order valence-corrected chi connectivity index (χ2v) is 8.38. The molecule has 0 spiro atoms. The Hall–Kier alpha value is -1.98. The molecule has 2 aliphatic heterocycles. The van der Waals surface area contributed by atoms with Gasteiger partial charge in [-0.05, 0) is 31.2 Å². The molecule has 0 amide bonds. The largest absolute Gasteiger partial charge is 0.292 e. The summed E-state index contributed by atoms with van der Waals surface area (Å²) in [5, 5.41) is -0.590. The zero-order chi connectivity index (χ0) is 16.2. The molecular weight excluding hydrogens is 310 g/mol. The number of carbonyl (C=O) groups is 1. The minimum Gasteiger partial charge on any atom is -0.292 e. The van der Waals surface area contributed by atoms with E-state index in [1.807, 2.05) is 36.2 Å². The summed E-state index contributed by atoms with van der Waals surface area (Å²) in [5.74, 6) is 0.0325. The summed E-state index contributed by atoms with van der Waals surface area (Å²) in [6.07, 6.45) is 0.353. The quantitative estimate of drug-likeness (QED) is 0.850. The van der Waals surface area contributed by atoms with Crippen molar-refractivity contribution < 1.29 is 13.2 Å². The molecule has 4 rings (SSSR count). The molecule has 2 bridgehead atoms. The lowest BCUT2D eigenvalue weighted by molar-refractivity contribution is 0.0837. The van der Waals surface area contributed by atoms with Crippen LogP contribution < -0.4 is 0 Å². The van der Waals surface area contributed by atoms with Crippen molar-refractivity contribution >= 4 is 15.6 Å². The fraction of sp³-hybridized carbons (Fsp3) is 0.278. The van der Waals surface area contributed by atoms with Crippen molar-refractivity contribution in [1.29, 1.82) is 0 Å². The molecule has 0 aliphatic carbocycles. The van der Waals surface area contributed by atoms with E-state index in [1.165, 1.54) is 0 Å². The van der Waals surface area contributed by atoms with E-state index in [4.69, 9.17) is 0 Å². The van der Waals surface area contributed by atoms with Crippen LogP contribution in [0.1, 0.15) is 28.4 Å². The number of sulfone groups is 1. The van der Waals surface area contributed by atoms with Crippen molar-refractivity contribution in [2.24, 2.45) is 0 Å². The van der Waals surface area contributed by atoms with E-state index in [9.17, 15) is 13.2 Å². The number of hydrogen-bond donors (Lipinski definition) is 0. The van der Waals surface area contributed by atoms with Gasteiger partial charge in [0.15, 0.2) is 15.6 Å². The van der Waals surface area contributed by atoms with Crippen molar-refractivity contribution in [3.8, 4) is 0 Å². The molecule has 0 aromatic heterocycles. The summed E-state index contributed by atoms with van der Waals surface area (Å²) in [7, 11) is -1.63. The molecule has 1 saturated heterocycles. The Balaban J connectivity index is 1.86. The predicted molar refractivity (Wildman–Crippen MR) is 87.1 cm³/mol. The third-order valence-electron chi connectivity index (χ3n) is 5.06. The monoisotopic (exact) mass is 327 g/mol. The van der Waals surface area contributed by atoms with Gasteiger partial charge < -0.3 is 0 Å². The maximum atomic E-state index is 13.1. The third-order valence-corrected chi connectivity index (χ3v) is 7.23. The van der Waals surface area contributed by atoms with Crippen molar-refractivity contribution in [1.82, 2.24) is 4.90 Å². The molecule has 23 heavy (non-hydrogen) atoms. The second-order valence-electron chi connectivity index (χ2n) is 6.21. The van der Waals surface area contributed by atoms with E-state index in [0.29, 0.717) is 16.9 Å². The molecule has 3 atom stereocenters. The molecule has 5 heteroatoms. The van der Waals surface area contributed by atoms with Gasteiger partial charge in [-0.15, -0.1) is 0 Å². The Labute approximate surface area is 135 Å². The molecule has 0 unspecified atom stereocenters. The average Bonchev–Trinajstić information content (AvgIpc) is 2.85. The Morgan fingerprint density at radius 3 is 2.39 bits per heavy atom. The number of fused-ring (bicyclic) bond motifs is 4. The molecule has 118 valence electrons. The number of nitrogens with zero attached hydrogens (tertiary/aromatic N) is 1. The molecule has 2 aromatic carbocycles. The first-order valence-electron chi connectivity index (χ1n) is 7.66. The van der Waals surface area contributed by atoms with E-state index < -0.39 is 15.1 Å². The molecule has 0 saturated carbocycles. The van der Waals surface area contributed by atoms with Crippen molar-refractivity contribution in [2.45, 2.75) is 28.6 Å². The Morgan fingerprint density at radius 2 is 1.65 bits per heavy atom. The van der Waals surface area contributed by atoms with Gasteiger partial charge in [0.25, 0.3) is 0 Å². The van der Waals surface area contributed by atoms with E-state index in [0.717, 1.165) is 5.56 Å². The van der Waals surface area contributed by atoms with Gasteiger partial charge in [0.2, 0.25) is 0 Å². The molecule has 2 aromatic rings. The molecular formula is C18H17NO3S. The minimum atomic E-state index is -3.49. The third kappa shape index (κ3) is 2.00. The van der Waals surface area contributed by atoms with Gasteiger partial charge in [-0.2, -0.15) is 0 Å². The first-order chi connectivity index (χ1) is 11.0. The highest BCUT2D eigenvalue weighted by Gasteiger charge is 2.53. The van der Waals surface area contributed by atoms with Gasteiger partial charge in [0.1, 0.15) is 0 Å². The van der Waals surface area contributed by atoms with Gasteiger partial charge in [-0.3, -0.25) is 9.69 Å². The number of Topliss-reactive ketones (excluding diaryl/α,β-unsaturated/α-hetero) is 1. The van der Waals surface area contributed by atoms with E-state index in [-0.39, 0.29) is 17.9 Å². The lowest BCUT2D eigenvalue weighted by Crippen LogP contribution is -2.40. The van der Waals surface area contributed by atoms with Gasteiger partial charge >= 0.3 is 0 Å². The normalized spacial score (nSPS) is 27.0. The lowest BCUT2D eigenvalue weighted by atomic mass is 9.93. The van der Waals surface area contributed by atoms with Gasteiger partial charge in [0, 0.05) is 5.56 Å². The number of benzene rings is 2. The smallest absolute Gasteiger partial charge is 0.183 e. The van der Waals surface area contributed by atoms with Crippen LogP contribution in [-0.4, -0.2) is 37.4 Å². The summed E-state index contributed by atoms with van der Waals surface area (Å²) in [6, 6.07) is 15.3. The Kier molecular flexibility index (Phi) is 3.18. The molecule has 0 N–H and O–H groups in total. The summed E-state index contributed by atoms with van der Waals surface area (Å²) >= 11 is 0. The lowest BCUT2D eigenvalue weighted by Gasteiger charge is -2.33. The fourth-order valence-corrected chi connectivity index (χ4v) is 5.92. The van der Waals surface area contributed by atoms with E-state index in [1.54, 1.807) is 30.3 Å². The van der Waals surface area contributed by atoms with Gasteiger partial charge in [-0.25, -0.2) is 8.42 Å². The van der Waals surface area contributed by atoms with E-state index in [2.05, 4.69) is 0 Å². The van der Waals surface area contributed by atoms with Crippen LogP contribution in [0.5, 0.6) is 0 Å². The summed E-state index contributed by atoms with van der Waals surface area (Å²) < 4.78 is 26.2. The van der Waals surface area contributed by atoms with Crippen molar-refractivity contribution in [3.05, 3.63) is 65.7 Å². The van der Waals surface area contributed by atoms with E-state index >= 15 is 0 Å². The van der Waals surface area contributed by atoms with Crippen LogP contribution in [0.4, 0.5) is 0 Å². The number of rotatable bonds is 2. The summed E-state index contributed by atoms with van der Waals surface area (Å²) in [5.41, 5.74) is 1.50. The van der Waals surface area contributed by atoms with Crippen molar-refractivity contribution in [2.75, 3.05) is 7.05 Å². The van der Waals surface area contributed by atoms with Crippen LogP contribution in [0.25, 0.3) is 0 Å². The number of ketones is 1. The van der Waals surface area contributed by atoms with Crippen LogP contribution >= 0.6 is 0 Å². The van der Waals surface area contributed by atoms with Crippen LogP contribution in [-0.2, 0) is 9.84 Å². The zero-order valence-corrected chi connectivity index (χ0v) is 13.5. The first-order valence-corrected chi connectivity index (χ1v) is 9.20. The number of hydrogen-bond acceptors (Lipinski definition) is 4. The predicted octanol–water partition coefficient (Wildman–Crippen LogP) is 2.47. The Bertz CT molecular complexity index is 876. The number of carbonyl (C=O) groups excluding carboxylic acids is 1. The molecule has 4 nitrogen and oxygen atoms in total. The summed E-state index contributed by atoms with van der Waals surface area (Å²) in [4.78, 5) is 14.9. The maximum absolute atomic E-state index is 13.1. The maximum Gasteiger partial charge on any atom is 0.183 e. The first kappa shape index (κ1) is 14.6.